The number of carbonyl (C=O) groups excluding carboxylic acids is 3. The molecule has 2 amide bonds. The molecule has 0 aliphatic carbocycles. The Bertz CT molecular complexity index is 870. The monoisotopic (exact) mass is 420 g/mol. The lowest BCUT2D eigenvalue weighted by atomic mass is 10.1. The molecule has 0 saturated carbocycles. The number of carbonyl (C=O) groups is 3. The molecule has 1 aromatic heterocycles. The predicted octanol–water partition coefficient (Wildman–Crippen LogP) is 3.03. The summed E-state index contributed by atoms with van der Waals surface area (Å²) in [5, 5.41) is 15.9. The number of aliphatic hydroxyl groups excluding tert-OH is 1. The molecule has 0 aliphatic rings. The van der Waals surface area contributed by atoms with Gasteiger partial charge in [0.15, 0.2) is 6.04 Å². The van der Waals surface area contributed by atoms with Crippen LogP contribution in [0.4, 0.5) is 10.5 Å². The van der Waals surface area contributed by atoms with Crippen LogP contribution < -0.4 is 10.6 Å². The van der Waals surface area contributed by atoms with E-state index in [0.29, 0.717) is 11.3 Å². The summed E-state index contributed by atoms with van der Waals surface area (Å²) >= 11 is 1.36. The number of thiophene rings is 1. The highest BCUT2D eigenvalue weighted by molar-refractivity contribution is 7.13. The lowest BCUT2D eigenvalue weighted by molar-refractivity contribution is -0.143. The van der Waals surface area contributed by atoms with Crippen molar-refractivity contribution in [2.45, 2.75) is 32.4 Å². The molecule has 1 atom stereocenters. The Morgan fingerprint density at radius 1 is 1.17 bits per heavy atom. The lowest BCUT2D eigenvalue weighted by Crippen LogP contribution is -2.43. The Labute approximate surface area is 172 Å². The van der Waals surface area contributed by atoms with Crippen molar-refractivity contribution in [3.8, 4) is 10.4 Å². The second kappa shape index (κ2) is 9.53. The molecule has 0 spiro atoms. The summed E-state index contributed by atoms with van der Waals surface area (Å²) in [6.45, 7) is 4.80. The third kappa shape index (κ3) is 6.58. The molecular formula is C20H24N2O6S. The number of rotatable bonds is 6. The van der Waals surface area contributed by atoms with Crippen LogP contribution in [0.25, 0.3) is 10.4 Å². The van der Waals surface area contributed by atoms with E-state index in [1.54, 1.807) is 44.4 Å². The van der Waals surface area contributed by atoms with E-state index in [9.17, 15) is 19.5 Å². The summed E-state index contributed by atoms with van der Waals surface area (Å²) in [7, 11) is 1.18. The number of amides is 2. The van der Waals surface area contributed by atoms with Crippen molar-refractivity contribution in [2.75, 3.05) is 19.0 Å². The average Bonchev–Trinajstić information content (AvgIpc) is 3.14. The van der Waals surface area contributed by atoms with Crippen LogP contribution in [0.1, 0.15) is 31.1 Å². The van der Waals surface area contributed by atoms with Crippen LogP contribution in [0, 0.1) is 0 Å². The molecule has 0 unspecified atom stereocenters. The maximum Gasteiger partial charge on any atom is 0.412 e. The standard InChI is InChI=1S/C20H24N2O6S/c1-20(2,3)28-19(26)21-14-7-5-12(6-8-14)16-9-13(11-29-16)17(24)22-15(10-23)18(25)27-4/h5-9,11,15,23H,10H2,1-4H3,(H,21,26)(H,22,24)/t15-/m0/s1. The Morgan fingerprint density at radius 2 is 1.83 bits per heavy atom. The highest BCUT2D eigenvalue weighted by Gasteiger charge is 2.22. The molecular weight excluding hydrogens is 396 g/mol. The fraction of sp³-hybridized carbons (Fsp3) is 0.350. The Kier molecular flexibility index (Phi) is 7.35. The van der Waals surface area contributed by atoms with E-state index in [1.165, 1.54) is 18.4 Å². The third-order valence-corrected chi connectivity index (χ3v) is 4.63. The molecule has 0 bridgehead atoms. The van der Waals surface area contributed by atoms with Crippen LogP contribution >= 0.6 is 11.3 Å². The van der Waals surface area contributed by atoms with Gasteiger partial charge in [0, 0.05) is 15.9 Å². The first kappa shape index (κ1) is 22.4. The second-order valence-electron chi connectivity index (χ2n) is 7.14. The zero-order valence-corrected chi connectivity index (χ0v) is 17.5. The van der Waals surface area contributed by atoms with E-state index < -0.39 is 36.2 Å². The quantitative estimate of drug-likeness (QED) is 0.619. The van der Waals surface area contributed by atoms with Crippen LogP contribution in [-0.2, 0) is 14.3 Å². The summed E-state index contributed by atoms with van der Waals surface area (Å²) < 4.78 is 9.74. The molecule has 156 valence electrons. The van der Waals surface area contributed by atoms with E-state index in [-0.39, 0.29) is 0 Å². The van der Waals surface area contributed by atoms with Gasteiger partial charge in [0.1, 0.15) is 5.60 Å². The van der Waals surface area contributed by atoms with Crippen LogP contribution in [-0.4, -0.2) is 48.4 Å². The first-order chi connectivity index (χ1) is 13.6. The molecule has 8 nitrogen and oxygen atoms in total. The van der Waals surface area contributed by atoms with Gasteiger partial charge in [0.2, 0.25) is 0 Å². The van der Waals surface area contributed by atoms with Crippen LogP contribution in [0.3, 0.4) is 0 Å². The van der Waals surface area contributed by atoms with Crippen LogP contribution in [0.15, 0.2) is 35.7 Å². The maximum atomic E-state index is 12.3. The fourth-order valence-electron chi connectivity index (χ4n) is 2.31. The molecule has 2 aromatic rings. The SMILES string of the molecule is COC(=O)[C@H](CO)NC(=O)c1csc(-c2ccc(NC(=O)OC(C)(C)C)cc2)c1. The van der Waals surface area contributed by atoms with Gasteiger partial charge in [0.05, 0.1) is 19.3 Å². The van der Waals surface area contributed by atoms with E-state index in [2.05, 4.69) is 15.4 Å². The molecule has 2 rings (SSSR count). The number of ether oxygens (including phenoxy) is 2. The van der Waals surface area contributed by atoms with E-state index in [0.717, 1.165) is 10.4 Å². The van der Waals surface area contributed by atoms with Crippen LogP contribution in [0.5, 0.6) is 0 Å². The molecule has 1 aromatic carbocycles. The number of benzene rings is 1. The van der Waals surface area contributed by atoms with E-state index in [4.69, 9.17) is 4.74 Å². The third-order valence-electron chi connectivity index (χ3n) is 3.65. The van der Waals surface area contributed by atoms with Gasteiger partial charge in [-0.2, -0.15) is 0 Å². The molecule has 0 aliphatic heterocycles. The highest BCUT2D eigenvalue weighted by atomic mass is 32.1. The van der Waals surface area contributed by atoms with Crippen LogP contribution in [0.2, 0.25) is 0 Å². The minimum atomic E-state index is -1.12. The van der Waals surface area contributed by atoms with Gasteiger partial charge in [-0.05, 0) is 44.5 Å². The fourth-order valence-corrected chi connectivity index (χ4v) is 3.21. The zero-order valence-electron chi connectivity index (χ0n) is 16.6. The molecule has 0 fully saturated rings. The number of nitrogens with one attached hydrogen (secondary N) is 2. The summed E-state index contributed by atoms with van der Waals surface area (Å²) in [6, 6.07) is 7.66. The number of anilines is 1. The van der Waals surface area contributed by atoms with Crippen molar-refractivity contribution in [1.82, 2.24) is 5.32 Å². The first-order valence-electron chi connectivity index (χ1n) is 8.81. The topological polar surface area (TPSA) is 114 Å². The van der Waals surface area contributed by atoms with Gasteiger partial charge in [-0.25, -0.2) is 9.59 Å². The first-order valence-corrected chi connectivity index (χ1v) is 9.69. The van der Waals surface area contributed by atoms with Gasteiger partial charge >= 0.3 is 12.1 Å². The maximum absolute atomic E-state index is 12.3. The molecule has 3 N–H and O–H groups in total. The number of aliphatic hydroxyl groups is 1. The Hall–Kier alpha value is -2.91. The van der Waals surface area contributed by atoms with Crippen molar-refractivity contribution in [3.05, 3.63) is 41.3 Å². The molecule has 1 heterocycles. The lowest BCUT2D eigenvalue weighted by Gasteiger charge is -2.19. The predicted molar refractivity (Wildman–Crippen MR) is 110 cm³/mol. The van der Waals surface area contributed by atoms with Gasteiger partial charge < -0.3 is 19.9 Å². The van der Waals surface area contributed by atoms with Crippen molar-refractivity contribution >= 4 is 35.0 Å². The Balaban J connectivity index is 2.04. The van der Waals surface area contributed by atoms with Gasteiger partial charge in [-0.3, -0.25) is 10.1 Å². The number of hydrogen-bond acceptors (Lipinski definition) is 7. The summed E-state index contributed by atoms with van der Waals surface area (Å²) in [6.07, 6.45) is -0.538. The Morgan fingerprint density at radius 3 is 2.38 bits per heavy atom. The van der Waals surface area contributed by atoms with Gasteiger partial charge in [-0.15, -0.1) is 11.3 Å². The molecule has 9 heteroatoms. The van der Waals surface area contributed by atoms with Crippen molar-refractivity contribution < 1.29 is 29.0 Å². The normalized spacial score (nSPS) is 12.0. The largest absolute Gasteiger partial charge is 0.467 e. The molecule has 0 radical (unpaired) electrons. The molecule has 29 heavy (non-hydrogen) atoms. The molecule has 0 saturated heterocycles. The van der Waals surface area contributed by atoms with E-state index in [1.807, 2.05) is 12.1 Å². The summed E-state index contributed by atoms with van der Waals surface area (Å²) in [4.78, 5) is 36.4. The minimum Gasteiger partial charge on any atom is -0.467 e. The van der Waals surface area contributed by atoms with Gasteiger partial charge in [0.25, 0.3) is 5.91 Å². The summed E-state index contributed by atoms with van der Waals surface area (Å²) in [5.74, 6) is -1.20. The van der Waals surface area contributed by atoms with Gasteiger partial charge in [-0.1, -0.05) is 12.1 Å². The highest BCUT2D eigenvalue weighted by Crippen LogP contribution is 2.28. The zero-order chi connectivity index (χ0) is 21.6. The smallest absolute Gasteiger partial charge is 0.412 e. The van der Waals surface area contributed by atoms with Crippen molar-refractivity contribution in [2.24, 2.45) is 0 Å². The number of methoxy groups -OCH3 is 1. The van der Waals surface area contributed by atoms with Crippen molar-refractivity contribution in [1.29, 1.82) is 0 Å². The minimum absolute atomic E-state index is 0.364. The number of esters is 1. The second-order valence-corrected chi connectivity index (χ2v) is 8.05. The van der Waals surface area contributed by atoms with Crippen molar-refractivity contribution in [3.63, 3.8) is 0 Å². The average molecular weight is 420 g/mol. The van der Waals surface area contributed by atoms with E-state index >= 15 is 0 Å². The number of hydrogen-bond donors (Lipinski definition) is 3. The summed E-state index contributed by atoms with van der Waals surface area (Å²) in [5.41, 5.74) is 1.22.